The van der Waals surface area contributed by atoms with Gasteiger partial charge in [-0.3, -0.25) is 14.4 Å². The van der Waals surface area contributed by atoms with Crippen LogP contribution in [0.25, 0.3) is 11.1 Å². The number of carbonyl (C=O) groups excluding carboxylic acids is 2. The van der Waals surface area contributed by atoms with E-state index in [9.17, 15) is 14.4 Å². The van der Waals surface area contributed by atoms with Crippen molar-refractivity contribution in [1.82, 2.24) is 5.32 Å². The number of rotatable bonds is 12. The Labute approximate surface area is 256 Å². The number of hydrogen-bond acceptors (Lipinski definition) is 9. The van der Waals surface area contributed by atoms with Gasteiger partial charge in [-0.15, -0.1) is 0 Å². The minimum Gasteiger partial charge on any atom is -0.497 e. The summed E-state index contributed by atoms with van der Waals surface area (Å²) in [5.74, 6) is 2.19. The quantitative estimate of drug-likeness (QED) is 0.251. The minimum absolute atomic E-state index is 0.186. The Morgan fingerprint density at radius 2 is 1.57 bits per heavy atom. The number of amides is 2. The maximum Gasteiger partial charge on any atom is 0.224 e. The van der Waals surface area contributed by atoms with Crippen LogP contribution < -0.4 is 45.1 Å². The molecule has 0 saturated heterocycles. The Morgan fingerprint density at radius 3 is 2.23 bits per heavy atom. The molecule has 0 spiro atoms. The molecule has 44 heavy (non-hydrogen) atoms. The number of carbonyl (C=O) groups is 2. The molecule has 3 aromatic rings. The molecule has 11 nitrogen and oxygen atoms in total. The summed E-state index contributed by atoms with van der Waals surface area (Å²) in [5, 5.41) is 9.04. The van der Waals surface area contributed by atoms with E-state index in [1.807, 2.05) is 12.1 Å². The second-order valence-electron chi connectivity index (χ2n) is 10.2. The number of ether oxygens (including phenoxy) is 5. The molecule has 1 aliphatic carbocycles. The van der Waals surface area contributed by atoms with Gasteiger partial charge >= 0.3 is 0 Å². The highest BCUT2D eigenvalue weighted by Crippen LogP contribution is 2.50. The first kappa shape index (κ1) is 32.0. The average Bonchev–Trinajstić information content (AvgIpc) is 3.26. The van der Waals surface area contributed by atoms with Crippen molar-refractivity contribution in [3.8, 4) is 39.9 Å². The lowest BCUT2D eigenvalue weighted by Gasteiger charge is -2.19. The van der Waals surface area contributed by atoms with E-state index in [1.54, 1.807) is 58.8 Å². The largest absolute Gasteiger partial charge is 0.497 e. The smallest absolute Gasteiger partial charge is 0.224 e. The molecule has 234 valence electrons. The van der Waals surface area contributed by atoms with Crippen molar-refractivity contribution >= 4 is 23.2 Å². The van der Waals surface area contributed by atoms with Crippen molar-refractivity contribution in [2.24, 2.45) is 0 Å². The number of anilines is 2. The first-order valence-corrected chi connectivity index (χ1v) is 14.3. The Kier molecular flexibility index (Phi) is 10.5. The van der Waals surface area contributed by atoms with Gasteiger partial charge in [0.1, 0.15) is 11.5 Å². The molecule has 0 unspecified atom stereocenters. The van der Waals surface area contributed by atoms with E-state index in [1.165, 1.54) is 14.0 Å². The van der Waals surface area contributed by atoms with Crippen LogP contribution in [0.4, 0.5) is 11.4 Å². The van der Waals surface area contributed by atoms with Gasteiger partial charge in [0.2, 0.25) is 23.0 Å². The van der Waals surface area contributed by atoms with Crippen LogP contribution in [0.1, 0.15) is 43.4 Å². The second-order valence-corrected chi connectivity index (χ2v) is 10.2. The van der Waals surface area contributed by atoms with Crippen molar-refractivity contribution in [3.05, 3.63) is 63.8 Å². The lowest BCUT2D eigenvalue weighted by molar-refractivity contribution is -0.119. The van der Waals surface area contributed by atoms with Crippen LogP contribution >= 0.6 is 0 Å². The van der Waals surface area contributed by atoms with Gasteiger partial charge in [0.15, 0.2) is 11.5 Å². The maximum absolute atomic E-state index is 13.5. The molecule has 0 aromatic heterocycles. The second kappa shape index (κ2) is 14.5. The van der Waals surface area contributed by atoms with E-state index in [0.29, 0.717) is 71.5 Å². The summed E-state index contributed by atoms with van der Waals surface area (Å²) in [5.41, 5.74) is 3.82. The molecule has 4 rings (SSSR count). The third-order valence-electron chi connectivity index (χ3n) is 7.49. The van der Waals surface area contributed by atoms with Crippen LogP contribution in [0.2, 0.25) is 0 Å². The molecule has 1 aliphatic rings. The number of methoxy groups -OCH3 is 5. The SMILES string of the molecule is COc1ccc(NC(=O)CCCNc2ccc3c(cc2=O)[C@@H](NC(C)=O)CCc2cc(OC)c(OC)c(OC)c2-3)c(OC)c1. The standard InChI is InChI=1S/C33H39N3O8/c1-19(37)35-24-12-9-20-16-29(42-4)32(43-5)33(44-6)31(20)22-11-14-25(27(38)18-23(22)24)34-15-7-8-30(39)36-26-13-10-21(40-2)17-28(26)41-3/h10-11,13-14,16-18,24H,7-9,12,15H2,1-6H3,(H,34,38)(H,35,37)(H,36,39)/t24-/m0/s1. The molecule has 2 amide bonds. The molecule has 3 aromatic carbocycles. The summed E-state index contributed by atoms with van der Waals surface area (Å²) in [4.78, 5) is 38.2. The van der Waals surface area contributed by atoms with Gasteiger partial charge in [0.05, 0.1) is 53.0 Å². The highest BCUT2D eigenvalue weighted by Gasteiger charge is 2.29. The Morgan fingerprint density at radius 1 is 0.841 bits per heavy atom. The Hall–Kier alpha value is -4.93. The monoisotopic (exact) mass is 605 g/mol. The van der Waals surface area contributed by atoms with Crippen molar-refractivity contribution in [3.63, 3.8) is 0 Å². The van der Waals surface area contributed by atoms with E-state index in [2.05, 4.69) is 16.0 Å². The summed E-state index contributed by atoms with van der Waals surface area (Å²) in [6.45, 7) is 1.84. The molecule has 3 N–H and O–H groups in total. The fraction of sp³-hybridized carbons (Fsp3) is 0.364. The minimum atomic E-state index is -0.400. The lowest BCUT2D eigenvalue weighted by Crippen LogP contribution is -2.26. The van der Waals surface area contributed by atoms with Crippen LogP contribution in [-0.2, 0) is 16.0 Å². The Balaban J connectivity index is 1.59. The molecule has 11 heteroatoms. The van der Waals surface area contributed by atoms with Gasteiger partial charge in [0, 0.05) is 31.5 Å². The van der Waals surface area contributed by atoms with Crippen LogP contribution in [0.5, 0.6) is 28.7 Å². The predicted molar refractivity (Wildman–Crippen MR) is 169 cm³/mol. The molecule has 0 saturated carbocycles. The van der Waals surface area contributed by atoms with Crippen LogP contribution in [0.3, 0.4) is 0 Å². The van der Waals surface area contributed by atoms with Crippen molar-refractivity contribution in [1.29, 1.82) is 0 Å². The maximum atomic E-state index is 13.5. The fourth-order valence-electron chi connectivity index (χ4n) is 5.44. The fourth-order valence-corrected chi connectivity index (χ4v) is 5.44. The van der Waals surface area contributed by atoms with Crippen LogP contribution in [0.15, 0.2) is 47.3 Å². The summed E-state index contributed by atoms with van der Waals surface area (Å²) in [7, 11) is 7.75. The summed E-state index contributed by atoms with van der Waals surface area (Å²) >= 11 is 0. The zero-order chi connectivity index (χ0) is 31.8. The van der Waals surface area contributed by atoms with Crippen LogP contribution in [-0.4, -0.2) is 53.9 Å². The molecule has 0 heterocycles. The Bertz CT molecular complexity index is 1590. The first-order chi connectivity index (χ1) is 21.2. The van der Waals surface area contributed by atoms with Gasteiger partial charge in [-0.05, 0) is 66.3 Å². The molecule has 0 bridgehead atoms. The number of benzene rings is 2. The molecule has 0 radical (unpaired) electrons. The third kappa shape index (κ3) is 6.99. The van der Waals surface area contributed by atoms with E-state index in [4.69, 9.17) is 23.7 Å². The van der Waals surface area contributed by atoms with Gasteiger partial charge in [-0.1, -0.05) is 6.07 Å². The zero-order valence-electron chi connectivity index (χ0n) is 25.9. The summed E-state index contributed by atoms with van der Waals surface area (Å²) < 4.78 is 27.6. The van der Waals surface area contributed by atoms with Crippen molar-refractivity contribution in [2.75, 3.05) is 52.7 Å². The highest BCUT2D eigenvalue weighted by molar-refractivity contribution is 5.92. The van der Waals surface area contributed by atoms with Crippen LogP contribution in [0, 0.1) is 0 Å². The molecular formula is C33H39N3O8. The highest BCUT2D eigenvalue weighted by atomic mass is 16.5. The third-order valence-corrected chi connectivity index (χ3v) is 7.49. The summed E-state index contributed by atoms with van der Waals surface area (Å²) in [6.07, 6.45) is 1.88. The van der Waals surface area contributed by atoms with E-state index in [-0.39, 0.29) is 23.7 Å². The molecule has 1 atom stereocenters. The number of aryl methyl sites for hydroxylation is 1. The van der Waals surface area contributed by atoms with E-state index in [0.717, 1.165) is 16.7 Å². The molecule has 0 aliphatic heterocycles. The van der Waals surface area contributed by atoms with Gasteiger partial charge in [0.25, 0.3) is 0 Å². The van der Waals surface area contributed by atoms with Gasteiger partial charge < -0.3 is 39.6 Å². The van der Waals surface area contributed by atoms with Gasteiger partial charge in [-0.25, -0.2) is 0 Å². The molecular weight excluding hydrogens is 566 g/mol. The van der Waals surface area contributed by atoms with E-state index >= 15 is 0 Å². The number of fused-ring (bicyclic) bond motifs is 3. The summed E-state index contributed by atoms with van der Waals surface area (Å²) in [6, 6.07) is 11.8. The number of hydrogen-bond donors (Lipinski definition) is 3. The predicted octanol–water partition coefficient (Wildman–Crippen LogP) is 4.71. The molecule has 0 fully saturated rings. The van der Waals surface area contributed by atoms with Crippen molar-refractivity contribution < 1.29 is 33.3 Å². The number of nitrogens with one attached hydrogen (secondary N) is 3. The lowest BCUT2D eigenvalue weighted by atomic mass is 9.95. The normalized spacial score (nSPS) is 13.4. The average molecular weight is 606 g/mol. The zero-order valence-corrected chi connectivity index (χ0v) is 25.9. The first-order valence-electron chi connectivity index (χ1n) is 14.3. The van der Waals surface area contributed by atoms with E-state index < -0.39 is 6.04 Å². The van der Waals surface area contributed by atoms with Gasteiger partial charge in [-0.2, -0.15) is 0 Å². The van der Waals surface area contributed by atoms with Crippen molar-refractivity contribution in [2.45, 2.75) is 38.6 Å². The topological polar surface area (TPSA) is 133 Å².